The Bertz CT molecular complexity index is 844. The van der Waals surface area contributed by atoms with Gasteiger partial charge in [0.2, 0.25) is 11.8 Å². The zero-order valence-corrected chi connectivity index (χ0v) is 19.0. The second kappa shape index (κ2) is 13.0. The van der Waals surface area contributed by atoms with Crippen LogP contribution in [0.5, 0.6) is 5.75 Å². The number of carbonyl (C=O) groups is 2. The molecule has 0 fully saturated rings. The lowest BCUT2D eigenvalue weighted by atomic mass is 10.0. The number of hydrogen-bond acceptors (Lipinski definition) is 5. The molecular weight excluding hydrogens is 417 g/mol. The van der Waals surface area contributed by atoms with Crippen molar-refractivity contribution in [3.8, 4) is 5.75 Å². The molecule has 0 aromatic heterocycles. The van der Waals surface area contributed by atoms with Crippen molar-refractivity contribution in [1.82, 2.24) is 10.2 Å². The number of likely N-dealkylation sites (N-methyl/N-ethyl adjacent to an activating group) is 1. The molecule has 6 nitrogen and oxygen atoms in total. The van der Waals surface area contributed by atoms with Crippen LogP contribution in [-0.2, 0) is 9.59 Å². The predicted octanol–water partition coefficient (Wildman–Crippen LogP) is 3.71. The van der Waals surface area contributed by atoms with Gasteiger partial charge in [0, 0.05) is 12.2 Å². The lowest BCUT2D eigenvalue weighted by Crippen LogP contribution is -2.38. The summed E-state index contributed by atoms with van der Waals surface area (Å²) < 4.78 is 18.3. The summed E-state index contributed by atoms with van der Waals surface area (Å²) in [5.41, 5.74) is 1.60. The van der Waals surface area contributed by atoms with Gasteiger partial charge in [-0.15, -0.1) is 11.8 Å². The fourth-order valence-electron chi connectivity index (χ4n) is 3.20. The highest BCUT2D eigenvalue weighted by molar-refractivity contribution is 8.00. The lowest BCUT2D eigenvalue weighted by Gasteiger charge is -2.30. The van der Waals surface area contributed by atoms with Gasteiger partial charge in [-0.25, -0.2) is 4.39 Å². The Morgan fingerprint density at radius 3 is 2.39 bits per heavy atom. The lowest BCUT2D eigenvalue weighted by molar-refractivity contribution is -0.118. The second-order valence-electron chi connectivity index (χ2n) is 6.87. The maximum atomic E-state index is 12.9. The summed E-state index contributed by atoms with van der Waals surface area (Å²) in [6.45, 7) is 6.36. The average molecular weight is 448 g/mol. The second-order valence-corrected chi connectivity index (χ2v) is 7.85. The number of hydrogen-bond donors (Lipinski definition) is 2. The van der Waals surface area contributed by atoms with Crippen LogP contribution in [0, 0.1) is 5.82 Å². The number of benzene rings is 2. The molecule has 1 atom stereocenters. The minimum atomic E-state index is -0.360. The van der Waals surface area contributed by atoms with Gasteiger partial charge >= 0.3 is 0 Å². The highest BCUT2D eigenvalue weighted by Crippen LogP contribution is 2.23. The van der Waals surface area contributed by atoms with Crippen LogP contribution in [-0.4, -0.2) is 55.0 Å². The highest BCUT2D eigenvalue weighted by Gasteiger charge is 2.19. The molecule has 2 aromatic rings. The molecule has 2 rings (SSSR count). The molecule has 0 bridgehead atoms. The molecule has 0 heterocycles. The van der Waals surface area contributed by atoms with E-state index in [-0.39, 0.29) is 35.2 Å². The number of anilines is 1. The van der Waals surface area contributed by atoms with Crippen molar-refractivity contribution >= 4 is 29.3 Å². The van der Waals surface area contributed by atoms with Gasteiger partial charge < -0.3 is 15.4 Å². The largest absolute Gasteiger partial charge is 0.497 e. The summed E-state index contributed by atoms with van der Waals surface area (Å²) in [5, 5.41) is 5.66. The molecule has 168 valence electrons. The minimum Gasteiger partial charge on any atom is -0.497 e. The third-order valence-electron chi connectivity index (χ3n) is 4.82. The van der Waals surface area contributed by atoms with Crippen molar-refractivity contribution < 1.29 is 18.7 Å². The molecule has 8 heteroatoms. The normalized spacial score (nSPS) is 11.8. The van der Waals surface area contributed by atoms with Crippen LogP contribution in [0.15, 0.2) is 48.5 Å². The van der Waals surface area contributed by atoms with Crippen LogP contribution in [0.3, 0.4) is 0 Å². The zero-order chi connectivity index (χ0) is 22.6. The Morgan fingerprint density at radius 1 is 1.06 bits per heavy atom. The Morgan fingerprint density at radius 2 is 1.74 bits per heavy atom. The first-order valence-electron chi connectivity index (χ1n) is 10.2. The van der Waals surface area contributed by atoms with Gasteiger partial charge in [-0.1, -0.05) is 26.0 Å². The van der Waals surface area contributed by atoms with Crippen molar-refractivity contribution in [2.45, 2.75) is 19.9 Å². The minimum absolute atomic E-state index is 0.0285. The molecular formula is C23H30FN3O3S. The molecule has 1 unspecified atom stereocenters. The maximum absolute atomic E-state index is 12.9. The van der Waals surface area contributed by atoms with Crippen LogP contribution in [0.4, 0.5) is 10.1 Å². The van der Waals surface area contributed by atoms with Gasteiger partial charge in [0.05, 0.1) is 24.7 Å². The van der Waals surface area contributed by atoms with Crippen molar-refractivity contribution in [2.75, 3.05) is 43.6 Å². The molecule has 2 amide bonds. The number of methoxy groups -OCH3 is 1. The number of thioether (sulfide) groups is 1. The van der Waals surface area contributed by atoms with Gasteiger partial charge in [-0.05, 0) is 55.1 Å². The molecule has 0 radical (unpaired) electrons. The molecule has 0 aliphatic rings. The van der Waals surface area contributed by atoms with E-state index in [0.29, 0.717) is 12.2 Å². The van der Waals surface area contributed by atoms with E-state index >= 15 is 0 Å². The van der Waals surface area contributed by atoms with Gasteiger partial charge in [-0.2, -0.15) is 0 Å². The topological polar surface area (TPSA) is 70.7 Å². The molecule has 0 spiro atoms. The van der Waals surface area contributed by atoms with E-state index in [1.54, 1.807) is 7.11 Å². The van der Waals surface area contributed by atoms with Gasteiger partial charge in [0.1, 0.15) is 11.6 Å². The Balaban J connectivity index is 1.83. The number of carbonyl (C=O) groups excluding carboxylic acids is 2. The van der Waals surface area contributed by atoms with Crippen molar-refractivity contribution in [3.05, 3.63) is 59.9 Å². The molecule has 2 aromatic carbocycles. The number of nitrogens with one attached hydrogen (secondary N) is 2. The van der Waals surface area contributed by atoms with E-state index in [1.165, 1.54) is 36.0 Å². The average Bonchev–Trinajstić information content (AvgIpc) is 2.78. The van der Waals surface area contributed by atoms with Crippen molar-refractivity contribution in [2.24, 2.45) is 0 Å². The smallest absolute Gasteiger partial charge is 0.234 e. The molecule has 2 N–H and O–H groups in total. The molecule has 0 saturated carbocycles. The predicted molar refractivity (Wildman–Crippen MR) is 124 cm³/mol. The highest BCUT2D eigenvalue weighted by atomic mass is 32.2. The molecule has 0 aliphatic heterocycles. The summed E-state index contributed by atoms with van der Waals surface area (Å²) in [6.07, 6.45) is 0. The number of ether oxygens (including phenoxy) is 1. The van der Waals surface area contributed by atoms with Crippen LogP contribution in [0.1, 0.15) is 25.5 Å². The molecule has 0 aliphatic carbocycles. The summed E-state index contributed by atoms with van der Waals surface area (Å²) in [4.78, 5) is 26.6. The van der Waals surface area contributed by atoms with E-state index in [0.717, 1.165) is 24.4 Å². The first kappa shape index (κ1) is 24.7. The number of rotatable bonds is 12. The van der Waals surface area contributed by atoms with Gasteiger partial charge in [0.25, 0.3) is 0 Å². The van der Waals surface area contributed by atoms with E-state index in [9.17, 15) is 14.0 Å². The SMILES string of the molecule is CCN(CC)C(CNC(=O)CSCC(=O)Nc1ccc(F)cc1)c1cccc(OC)c1. The Kier molecular flexibility index (Phi) is 10.3. The van der Waals surface area contributed by atoms with E-state index in [1.807, 2.05) is 24.3 Å². The first-order valence-corrected chi connectivity index (χ1v) is 11.4. The summed E-state index contributed by atoms with van der Waals surface area (Å²) in [7, 11) is 1.64. The van der Waals surface area contributed by atoms with Crippen LogP contribution >= 0.6 is 11.8 Å². The summed E-state index contributed by atoms with van der Waals surface area (Å²) in [5.74, 6) is 0.381. The number of amides is 2. The molecule has 31 heavy (non-hydrogen) atoms. The van der Waals surface area contributed by atoms with E-state index in [4.69, 9.17) is 4.74 Å². The van der Waals surface area contributed by atoms with Crippen LogP contribution in [0.25, 0.3) is 0 Å². The number of halogens is 1. The fourth-order valence-corrected chi connectivity index (χ4v) is 3.85. The van der Waals surface area contributed by atoms with E-state index < -0.39 is 0 Å². The summed E-state index contributed by atoms with van der Waals surface area (Å²) >= 11 is 1.23. The summed E-state index contributed by atoms with van der Waals surface area (Å²) in [6, 6.07) is 13.5. The van der Waals surface area contributed by atoms with Crippen LogP contribution < -0.4 is 15.4 Å². The number of nitrogens with zero attached hydrogens (tertiary/aromatic N) is 1. The molecule has 0 saturated heterocycles. The Hall–Kier alpha value is -2.58. The zero-order valence-electron chi connectivity index (χ0n) is 18.2. The van der Waals surface area contributed by atoms with E-state index in [2.05, 4.69) is 29.4 Å². The Labute approximate surface area is 187 Å². The first-order chi connectivity index (χ1) is 15.0. The van der Waals surface area contributed by atoms with Crippen LogP contribution in [0.2, 0.25) is 0 Å². The standard InChI is InChI=1S/C23H30FN3O3S/c1-4-27(5-2)21(17-7-6-8-20(13-17)30-3)14-25-22(28)15-31-16-23(29)26-19-11-9-18(24)10-12-19/h6-13,21H,4-5,14-16H2,1-3H3,(H,25,28)(H,26,29). The van der Waals surface area contributed by atoms with Gasteiger partial charge in [0.15, 0.2) is 0 Å². The third kappa shape index (κ3) is 8.22. The maximum Gasteiger partial charge on any atom is 0.234 e. The quantitative estimate of drug-likeness (QED) is 0.519. The van der Waals surface area contributed by atoms with Gasteiger partial charge in [-0.3, -0.25) is 14.5 Å². The fraction of sp³-hybridized carbons (Fsp3) is 0.391. The van der Waals surface area contributed by atoms with Crippen molar-refractivity contribution in [3.63, 3.8) is 0 Å². The monoisotopic (exact) mass is 447 g/mol. The van der Waals surface area contributed by atoms with Crippen molar-refractivity contribution in [1.29, 1.82) is 0 Å². The third-order valence-corrected chi connectivity index (χ3v) is 5.75.